The van der Waals surface area contributed by atoms with Crippen molar-refractivity contribution in [1.82, 2.24) is 4.72 Å². The summed E-state index contributed by atoms with van der Waals surface area (Å²) in [6.45, 7) is 5.22. The lowest BCUT2D eigenvalue weighted by Crippen LogP contribution is -2.44. The zero-order valence-electron chi connectivity index (χ0n) is 16.6. The number of sulfonamides is 1. The van der Waals surface area contributed by atoms with Crippen LogP contribution in [0.25, 0.3) is 0 Å². The first-order valence-corrected chi connectivity index (χ1v) is 12.1. The highest BCUT2D eigenvalue weighted by atomic mass is 79.9. The molecule has 0 heterocycles. The molecule has 1 atom stereocenters. The first-order valence-electron chi connectivity index (χ1n) is 8.98. The summed E-state index contributed by atoms with van der Waals surface area (Å²) in [5, 5.41) is 11.7. The molecule has 7 nitrogen and oxygen atoms in total. The zero-order valence-corrected chi connectivity index (χ0v) is 20.6. The monoisotopic (exact) mass is 560 g/mol. The Hall–Kier alpha value is -1.75. The highest BCUT2D eigenvalue weighted by Crippen LogP contribution is 2.27. The fourth-order valence-corrected chi connectivity index (χ4v) is 5.99. The molecule has 0 saturated carbocycles. The lowest BCUT2D eigenvalue weighted by Gasteiger charge is -2.20. The number of aryl methyl sites for hydroxylation is 3. The van der Waals surface area contributed by atoms with Crippen molar-refractivity contribution in [3.8, 4) is 0 Å². The molecule has 0 saturated heterocycles. The highest BCUT2D eigenvalue weighted by molar-refractivity contribution is 9.11. The molecule has 0 bridgehead atoms. The summed E-state index contributed by atoms with van der Waals surface area (Å²) in [5.41, 5.74) is 2.45. The fraction of sp³-hybridized carbons (Fsp3) is 0.300. The number of hydrogen-bond acceptors (Lipinski definition) is 4. The van der Waals surface area contributed by atoms with Crippen LogP contribution in [0.15, 0.2) is 44.2 Å². The van der Waals surface area contributed by atoms with Crippen molar-refractivity contribution in [3.05, 3.63) is 56.0 Å². The molecule has 0 unspecified atom stereocenters. The molecule has 0 fully saturated rings. The Labute approximate surface area is 192 Å². The van der Waals surface area contributed by atoms with Crippen LogP contribution in [0.2, 0.25) is 0 Å². The standard InChI is InChI=1S/C20H22Br2N2O5S/c1-11-8-12(2)19(13(3)9-11)30(28,29)24-17(6-7-18(25)26)20(27)23-16-5-4-14(21)10-15(16)22/h4-5,8-10,17,24H,6-7H2,1-3H3,(H,23,27)(H,25,26)/t17-/m0/s1. The summed E-state index contributed by atoms with van der Waals surface area (Å²) in [5.74, 6) is -1.77. The third-order valence-corrected chi connectivity index (χ3v) is 7.25. The molecule has 3 N–H and O–H groups in total. The van der Waals surface area contributed by atoms with E-state index in [9.17, 15) is 18.0 Å². The molecule has 0 radical (unpaired) electrons. The van der Waals surface area contributed by atoms with Crippen LogP contribution < -0.4 is 10.0 Å². The van der Waals surface area contributed by atoms with E-state index in [1.807, 2.05) is 6.92 Å². The zero-order chi connectivity index (χ0) is 22.6. The molecule has 0 aliphatic rings. The normalized spacial score (nSPS) is 12.4. The number of halogens is 2. The molecule has 10 heteroatoms. The minimum atomic E-state index is -4.06. The van der Waals surface area contributed by atoms with Gasteiger partial charge in [0.2, 0.25) is 15.9 Å². The molecular formula is C20H22Br2N2O5S. The minimum Gasteiger partial charge on any atom is -0.481 e. The van der Waals surface area contributed by atoms with Gasteiger partial charge >= 0.3 is 5.97 Å². The number of amides is 1. The smallest absolute Gasteiger partial charge is 0.303 e. The number of benzene rings is 2. The van der Waals surface area contributed by atoms with E-state index in [-0.39, 0.29) is 17.7 Å². The van der Waals surface area contributed by atoms with E-state index in [1.165, 1.54) is 0 Å². The van der Waals surface area contributed by atoms with E-state index in [2.05, 4.69) is 41.9 Å². The van der Waals surface area contributed by atoms with Crippen LogP contribution in [0.1, 0.15) is 29.5 Å². The average molecular weight is 562 g/mol. The molecule has 1 amide bonds. The third kappa shape index (κ3) is 6.37. The number of carboxylic acid groups (broad SMARTS) is 1. The lowest BCUT2D eigenvalue weighted by atomic mass is 10.1. The van der Waals surface area contributed by atoms with Crippen molar-refractivity contribution in [2.75, 3.05) is 5.32 Å². The first kappa shape index (κ1) is 24.5. The Balaban J connectivity index is 2.34. The number of carbonyl (C=O) groups excluding carboxylic acids is 1. The van der Waals surface area contributed by atoms with E-state index in [0.717, 1.165) is 10.0 Å². The molecule has 0 aromatic heterocycles. The van der Waals surface area contributed by atoms with E-state index >= 15 is 0 Å². The van der Waals surface area contributed by atoms with Gasteiger partial charge in [-0.1, -0.05) is 33.6 Å². The number of nitrogens with one attached hydrogen (secondary N) is 2. The molecule has 0 aliphatic carbocycles. The summed E-state index contributed by atoms with van der Waals surface area (Å²) in [4.78, 5) is 24.0. The Kier molecular flexibility index (Phi) is 8.20. The second-order valence-electron chi connectivity index (χ2n) is 6.95. The van der Waals surface area contributed by atoms with Gasteiger partial charge in [-0.2, -0.15) is 4.72 Å². The summed E-state index contributed by atoms with van der Waals surface area (Å²) in [6, 6.07) is 7.31. The summed E-state index contributed by atoms with van der Waals surface area (Å²) < 4.78 is 29.9. The van der Waals surface area contributed by atoms with Gasteiger partial charge in [-0.15, -0.1) is 0 Å². The van der Waals surface area contributed by atoms with Crippen molar-refractivity contribution in [1.29, 1.82) is 0 Å². The number of aliphatic carboxylic acids is 1. The molecule has 2 aromatic carbocycles. The van der Waals surface area contributed by atoms with Crippen LogP contribution in [0.5, 0.6) is 0 Å². The second-order valence-corrected chi connectivity index (χ2v) is 10.4. The minimum absolute atomic E-state index is 0.0889. The summed E-state index contributed by atoms with van der Waals surface area (Å²) in [7, 11) is -4.06. The Morgan fingerprint density at radius 1 is 1.07 bits per heavy atom. The average Bonchev–Trinajstić information content (AvgIpc) is 2.59. The number of anilines is 1. The lowest BCUT2D eigenvalue weighted by molar-refractivity contribution is -0.137. The summed E-state index contributed by atoms with van der Waals surface area (Å²) >= 11 is 6.65. The topological polar surface area (TPSA) is 113 Å². The van der Waals surface area contributed by atoms with Crippen LogP contribution in [0.3, 0.4) is 0 Å². The van der Waals surface area contributed by atoms with Gasteiger partial charge in [-0.05, 0) is 72.4 Å². The fourth-order valence-electron chi connectivity index (χ4n) is 3.16. The van der Waals surface area contributed by atoms with Crippen LogP contribution >= 0.6 is 31.9 Å². The van der Waals surface area contributed by atoms with Gasteiger partial charge in [0, 0.05) is 15.4 Å². The molecular weight excluding hydrogens is 540 g/mol. The molecule has 2 aromatic rings. The molecule has 0 aliphatic heterocycles. The Morgan fingerprint density at radius 3 is 2.20 bits per heavy atom. The molecule has 2 rings (SSSR count). The number of hydrogen-bond donors (Lipinski definition) is 3. The predicted octanol–water partition coefficient (Wildman–Crippen LogP) is 4.29. The van der Waals surface area contributed by atoms with Gasteiger partial charge in [0.15, 0.2) is 0 Å². The van der Waals surface area contributed by atoms with Gasteiger partial charge in [0.05, 0.1) is 10.6 Å². The van der Waals surface area contributed by atoms with E-state index in [0.29, 0.717) is 21.3 Å². The quantitative estimate of drug-likeness (QED) is 0.445. The van der Waals surface area contributed by atoms with Crippen molar-refractivity contribution >= 4 is 59.4 Å². The van der Waals surface area contributed by atoms with E-state index < -0.39 is 27.9 Å². The van der Waals surface area contributed by atoms with Crippen molar-refractivity contribution in [2.24, 2.45) is 0 Å². The third-order valence-electron chi connectivity index (χ3n) is 4.32. The maximum absolute atomic E-state index is 13.1. The van der Waals surface area contributed by atoms with Crippen LogP contribution in [-0.2, 0) is 19.6 Å². The predicted molar refractivity (Wildman–Crippen MR) is 122 cm³/mol. The van der Waals surface area contributed by atoms with Crippen molar-refractivity contribution < 1.29 is 23.1 Å². The SMILES string of the molecule is Cc1cc(C)c(S(=O)(=O)N[C@@H](CCC(=O)O)C(=O)Nc2ccc(Br)cc2Br)c(C)c1. The molecule has 30 heavy (non-hydrogen) atoms. The van der Waals surface area contributed by atoms with Gasteiger partial charge in [-0.3, -0.25) is 9.59 Å². The maximum atomic E-state index is 13.1. The van der Waals surface area contributed by atoms with Gasteiger partial charge < -0.3 is 10.4 Å². The van der Waals surface area contributed by atoms with Crippen LogP contribution in [0, 0.1) is 20.8 Å². The largest absolute Gasteiger partial charge is 0.481 e. The maximum Gasteiger partial charge on any atom is 0.303 e. The van der Waals surface area contributed by atoms with Gasteiger partial charge in [-0.25, -0.2) is 8.42 Å². The van der Waals surface area contributed by atoms with E-state index in [1.54, 1.807) is 44.2 Å². The second kappa shape index (κ2) is 10.0. The van der Waals surface area contributed by atoms with Crippen LogP contribution in [-0.4, -0.2) is 31.4 Å². The Bertz CT molecular complexity index is 1060. The van der Waals surface area contributed by atoms with Crippen molar-refractivity contribution in [3.63, 3.8) is 0 Å². The number of rotatable bonds is 8. The van der Waals surface area contributed by atoms with Gasteiger partial charge in [0.25, 0.3) is 0 Å². The summed E-state index contributed by atoms with van der Waals surface area (Å²) in [6.07, 6.45) is -0.563. The Morgan fingerprint density at radius 2 is 1.67 bits per heavy atom. The van der Waals surface area contributed by atoms with Gasteiger partial charge in [0.1, 0.15) is 6.04 Å². The van der Waals surface area contributed by atoms with Crippen LogP contribution in [0.4, 0.5) is 5.69 Å². The number of carbonyl (C=O) groups is 2. The van der Waals surface area contributed by atoms with Crippen molar-refractivity contribution in [2.45, 2.75) is 44.6 Å². The van der Waals surface area contributed by atoms with E-state index in [4.69, 9.17) is 5.11 Å². The first-order chi connectivity index (χ1) is 13.9. The highest BCUT2D eigenvalue weighted by Gasteiger charge is 2.29. The molecule has 162 valence electrons. The molecule has 0 spiro atoms. The number of carboxylic acids is 1.